The highest BCUT2D eigenvalue weighted by Crippen LogP contribution is 2.15. The molecule has 2 heterocycles. The van der Waals surface area contributed by atoms with Crippen molar-refractivity contribution in [3.8, 4) is 5.75 Å². The van der Waals surface area contributed by atoms with E-state index in [4.69, 9.17) is 4.74 Å². The van der Waals surface area contributed by atoms with E-state index in [1.807, 2.05) is 30.8 Å². The number of anilines is 1. The van der Waals surface area contributed by atoms with Crippen LogP contribution in [0.4, 0.5) is 5.82 Å². The third-order valence-corrected chi connectivity index (χ3v) is 3.65. The van der Waals surface area contributed by atoms with Crippen molar-refractivity contribution in [2.45, 2.75) is 13.5 Å². The number of carbonyl (C=O) groups is 1. The number of benzene rings is 1. The largest absolute Gasteiger partial charge is 0.486 e. The number of hydrogen-bond donors (Lipinski definition) is 1. The Hall–Kier alpha value is -3.09. The van der Waals surface area contributed by atoms with Gasteiger partial charge in [-0.1, -0.05) is 0 Å². The molecule has 1 N–H and O–H groups in total. The highest BCUT2D eigenvalue weighted by Gasteiger charge is 2.10. The molecule has 3 rings (SSSR count). The third-order valence-electron chi connectivity index (χ3n) is 3.65. The SMILES string of the molecule is Cc1cc(NC(=O)c2ccc(OCc3nccn3C)cc2)n(C)n1. The van der Waals surface area contributed by atoms with Crippen LogP contribution in [-0.4, -0.2) is 25.2 Å². The van der Waals surface area contributed by atoms with E-state index in [-0.39, 0.29) is 5.91 Å². The van der Waals surface area contributed by atoms with Gasteiger partial charge in [0.25, 0.3) is 5.91 Å². The molecular formula is C17H19N5O2. The van der Waals surface area contributed by atoms with Gasteiger partial charge in [0.05, 0.1) is 5.69 Å². The fourth-order valence-corrected chi connectivity index (χ4v) is 2.30. The fourth-order valence-electron chi connectivity index (χ4n) is 2.30. The second-order valence-electron chi connectivity index (χ2n) is 5.52. The van der Waals surface area contributed by atoms with Gasteiger partial charge in [-0.15, -0.1) is 0 Å². The van der Waals surface area contributed by atoms with Crippen LogP contribution in [0.2, 0.25) is 0 Å². The van der Waals surface area contributed by atoms with Gasteiger partial charge < -0.3 is 14.6 Å². The van der Waals surface area contributed by atoms with Crippen LogP contribution in [0.1, 0.15) is 21.9 Å². The van der Waals surface area contributed by atoms with Crippen LogP contribution in [0, 0.1) is 6.92 Å². The lowest BCUT2D eigenvalue weighted by atomic mass is 10.2. The summed E-state index contributed by atoms with van der Waals surface area (Å²) >= 11 is 0. The predicted molar refractivity (Wildman–Crippen MR) is 89.9 cm³/mol. The van der Waals surface area contributed by atoms with Crippen LogP contribution < -0.4 is 10.1 Å². The van der Waals surface area contributed by atoms with Crippen LogP contribution in [-0.2, 0) is 20.7 Å². The Labute approximate surface area is 139 Å². The summed E-state index contributed by atoms with van der Waals surface area (Å²) in [6, 6.07) is 8.82. The molecule has 1 amide bonds. The summed E-state index contributed by atoms with van der Waals surface area (Å²) < 4.78 is 9.21. The standard InChI is InChI=1S/C17H19N5O2/c1-12-10-15(22(3)20-12)19-17(23)13-4-6-14(7-5-13)24-11-16-18-8-9-21(16)2/h4-10H,11H2,1-3H3,(H,19,23). The maximum absolute atomic E-state index is 12.3. The van der Waals surface area contributed by atoms with Crippen molar-refractivity contribution in [3.05, 3.63) is 59.8 Å². The average Bonchev–Trinajstić information content (AvgIpc) is 3.11. The summed E-state index contributed by atoms with van der Waals surface area (Å²) in [5.41, 5.74) is 1.41. The second kappa shape index (κ2) is 6.57. The average molecular weight is 325 g/mol. The van der Waals surface area contributed by atoms with Gasteiger partial charge in [0.1, 0.15) is 24.0 Å². The molecule has 0 unspecified atom stereocenters. The summed E-state index contributed by atoms with van der Waals surface area (Å²) in [4.78, 5) is 16.5. The number of imidazole rings is 1. The molecule has 0 aliphatic carbocycles. The molecule has 0 aliphatic heterocycles. The molecule has 0 saturated carbocycles. The zero-order valence-electron chi connectivity index (χ0n) is 13.9. The van der Waals surface area contributed by atoms with E-state index in [1.165, 1.54) is 0 Å². The van der Waals surface area contributed by atoms with E-state index in [2.05, 4.69) is 15.4 Å². The number of aromatic nitrogens is 4. The Balaban J connectivity index is 1.62. The lowest BCUT2D eigenvalue weighted by molar-refractivity contribution is 0.102. The molecule has 1 aromatic carbocycles. The number of aryl methyl sites for hydroxylation is 3. The first kappa shape index (κ1) is 15.8. The number of nitrogens with zero attached hydrogens (tertiary/aromatic N) is 4. The second-order valence-corrected chi connectivity index (χ2v) is 5.52. The first-order valence-electron chi connectivity index (χ1n) is 7.54. The third kappa shape index (κ3) is 3.45. The quantitative estimate of drug-likeness (QED) is 0.781. The molecule has 0 fully saturated rings. The molecule has 0 spiro atoms. The lowest BCUT2D eigenvalue weighted by Gasteiger charge is -2.08. The molecule has 7 heteroatoms. The highest BCUT2D eigenvalue weighted by atomic mass is 16.5. The maximum Gasteiger partial charge on any atom is 0.256 e. The van der Waals surface area contributed by atoms with Gasteiger partial charge in [-0.3, -0.25) is 9.48 Å². The van der Waals surface area contributed by atoms with Gasteiger partial charge in [-0.25, -0.2) is 4.98 Å². The fraction of sp³-hybridized carbons (Fsp3) is 0.235. The Bertz CT molecular complexity index is 848. The van der Waals surface area contributed by atoms with Gasteiger partial charge in [-0.05, 0) is 31.2 Å². The molecule has 7 nitrogen and oxygen atoms in total. The normalized spacial score (nSPS) is 10.6. The summed E-state index contributed by atoms with van der Waals surface area (Å²) in [7, 11) is 3.70. The Morgan fingerprint density at radius 3 is 2.58 bits per heavy atom. The number of rotatable bonds is 5. The molecule has 0 atom stereocenters. The summed E-state index contributed by atoms with van der Waals surface area (Å²) in [6.45, 7) is 2.26. The van der Waals surface area contributed by atoms with Crippen molar-refractivity contribution in [1.82, 2.24) is 19.3 Å². The van der Waals surface area contributed by atoms with E-state index < -0.39 is 0 Å². The lowest BCUT2D eigenvalue weighted by Crippen LogP contribution is -2.14. The van der Waals surface area contributed by atoms with E-state index in [0.717, 1.165) is 11.5 Å². The monoisotopic (exact) mass is 325 g/mol. The number of hydrogen-bond acceptors (Lipinski definition) is 4. The minimum Gasteiger partial charge on any atom is -0.486 e. The Kier molecular flexibility index (Phi) is 4.33. The van der Waals surface area contributed by atoms with E-state index >= 15 is 0 Å². The van der Waals surface area contributed by atoms with Crippen LogP contribution in [0.5, 0.6) is 5.75 Å². The first-order valence-corrected chi connectivity index (χ1v) is 7.54. The molecule has 0 radical (unpaired) electrons. The molecule has 2 aromatic heterocycles. The van der Waals surface area contributed by atoms with Crippen molar-refractivity contribution in [2.75, 3.05) is 5.32 Å². The molecule has 3 aromatic rings. The van der Waals surface area contributed by atoms with Crippen molar-refractivity contribution in [3.63, 3.8) is 0 Å². The van der Waals surface area contributed by atoms with E-state index in [1.54, 1.807) is 42.2 Å². The molecular weight excluding hydrogens is 306 g/mol. The van der Waals surface area contributed by atoms with Crippen LogP contribution in [0.25, 0.3) is 0 Å². The minimum atomic E-state index is -0.186. The van der Waals surface area contributed by atoms with Crippen molar-refractivity contribution in [1.29, 1.82) is 0 Å². The number of carbonyl (C=O) groups excluding carboxylic acids is 1. The van der Waals surface area contributed by atoms with Gasteiger partial charge in [0.15, 0.2) is 0 Å². The van der Waals surface area contributed by atoms with Crippen LogP contribution in [0.3, 0.4) is 0 Å². The summed E-state index contributed by atoms with van der Waals surface area (Å²) in [5, 5.41) is 7.04. The van der Waals surface area contributed by atoms with Crippen molar-refractivity contribution < 1.29 is 9.53 Å². The van der Waals surface area contributed by atoms with Gasteiger partial charge >= 0.3 is 0 Å². The predicted octanol–water partition coefficient (Wildman–Crippen LogP) is 2.29. The van der Waals surface area contributed by atoms with Crippen LogP contribution >= 0.6 is 0 Å². The number of nitrogens with one attached hydrogen (secondary N) is 1. The van der Waals surface area contributed by atoms with Gasteiger partial charge in [0, 0.05) is 38.1 Å². The Morgan fingerprint density at radius 1 is 1.25 bits per heavy atom. The number of amides is 1. The van der Waals surface area contributed by atoms with E-state index in [9.17, 15) is 4.79 Å². The summed E-state index contributed by atoms with van der Waals surface area (Å²) in [5.74, 6) is 2.00. The molecule has 24 heavy (non-hydrogen) atoms. The smallest absolute Gasteiger partial charge is 0.256 e. The topological polar surface area (TPSA) is 74.0 Å². The number of ether oxygens (including phenoxy) is 1. The molecule has 0 aliphatic rings. The highest BCUT2D eigenvalue weighted by molar-refractivity contribution is 6.03. The first-order chi connectivity index (χ1) is 11.5. The summed E-state index contributed by atoms with van der Waals surface area (Å²) in [6.07, 6.45) is 3.60. The van der Waals surface area contributed by atoms with E-state index in [0.29, 0.717) is 23.7 Å². The zero-order valence-corrected chi connectivity index (χ0v) is 13.9. The zero-order chi connectivity index (χ0) is 17.1. The minimum absolute atomic E-state index is 0.186. The van der Waals surface area contributed by atoms with Gasteiger partial charge in [0.2, 0.25) is 0 Å². The maximum atomic E-state index is 12.3. The van der Waals surface area contributed by atoms with Crippen molar-refractivity contribution >= 4 is 11.7 Å². The molecule has 0 saturated heterocycles. The van der Waals surface area contributed by atoms with Crippen molar-refractivity contribution in [2.24, 2.45) is 14.1 Å². The van der Waals surface area contributed by atoms with Gasteiger partial charge in [-0.2, -0.15) is 5.10 Å². The van der Waals surface area contributed by atoms with Crippen LogP contribution in [0.15, 0.2) is 42.7 Å². The molecule has 0 bridgehead atoms. The molecule has 124 valence electrons. The Morgan fingerprint density at radius 2 is 2.00 bits per heavy atom.